The lowest BCUT2D eigenvalue weighted by molar-refractivity contribution is 0.0954. The summed E-state index contributed by atoms with van der Waals surface area (Å²) in [4.78, 5) is 25.1. The van der Waals surface area contributed by atoms with E-state index in [0.29, 0.717) is 30.3 Å². The Balaban J connectivity index is 1.60. The van der Waals surface area contributed by atoms with Gasteiger partial charge in [0.15, 0.2) is 0 Å². The fraction of sp³-hybridized carbons (Fsp3) is 0.263. The zero-order valence-electron chi connectivity index (χ0n) is 15.5. The Kier molecular flexibility index (Phi) is 5.44. The van der Waals surface area contributed by atoms with Crippen LogP contribution in [0.15, 0.2) is 36.7 Å². The largest absolute Gasteiger partial charge is 0.368 e. The molecule has 0 saturated carbocycles. The normalized spacial score (nSPS) is 10.7. The number of hydrogen-bond donors (Lipinski definition) is 2. The first-order valence-corrected chi connectivity index (χ1v) is 8.58. The number of rotatable bonds is 6. The van der Waals surface area contributed by atoms with E-state index in [1.165, 1.54) is 18.2 Å². The first-order chi connectivity index (χ1) is 12.9. The minimum Gasteiger partial charge on any atom is -0.368 e. The highest BCUT2D eigenvalue weighted by molar-refractivity contribution is 5.94. The van der Waals surface area contributed by atoms with Gasteiger partial charge < -0.3 is 10.6 Å². The van der Waals surface area contributed by atoms with Crippen molar-refractivity contribution in [3.8, 4) is 5.82 Å². The molecule has 1 aromatic carbocycles. The number of benzene rings is 1. The van der Waals surface area contributed by atoms with Crippen molar-refractivity contribution < 1.29 is 9.18 Å². The summed E-state index contributed by atoms with van der Waals surface area (Å²) in [5.74, 6) is 1.26. The summed E-state index contributed by atoms with van der Waals surface area (Å²) in [6, 6.07) is 7.42. The number of imidazole rings is 1. The van der Waals surface area contributed by atoms with Gasteiger partial charge in [0.05, 0.1) is 5.69 Å². The minimum absolute atomic E-state index is 0.293. The average Bonchev–Trinajstić information content (AvgIpc) is 2.97. The van der Waals surface area contributed by atoms with E-state index < -0.39 is 5.82 Å². The molecule has 8 heteroatoms. The predicted octanol–water partition coefficient (Wildman–Crippen LogP) is 2.57. The van der Waals surface area contributed by atoms with Crippen molar-refractivity contribution in [1.82, 2.24) is 24.8 Å². The van der Waals surface area contributed by atoms with Gasteiger partial charge in [-0.15, -0.1) is 0 Å². The molecule has 2 aromatic heterocycles. The molecular formula is C19H21FN6O. The number of aryl methyl sites for hydroxylation is 2. The number of amides is 1. The number of nitrogens with one attached hydrogen (secondary N) is 2. The lowest BCUT2D eigenvalue weighted by atomic mass is 10.2. The highest BCUT2D eigenvalue weighted by atomic mass is 19.1. The molecule has 3 rings (SSSR count). The van der Waals surface area contributed by atoms with Crippen LogP contribution < -0.4 is 10.6 Å². The lowest BCUT2D eigenvalue weighted by Crippen LogP contribution is -2.29. The molecule has 7 nitrogen and oxygen atoms in total. The van der Waals surface area contributed by atoms with Crippen molar-refractivity contribution >= 4 is 11.7 Å². The Bertz CT molecular complexity index is 969. The van der Waals surface area contributed by atoms with Gasteiger partial charge in [0, 0.05) is 30.4 Å². The van der Waals surface area contributed by atoms with Gasteiger partial charge in [0.25, 0.3) is 5.91 Å². The molecule has 2 N–H and O–H groups in total. The molecule has 3 aromatic rings. The predicted molar refractivity (Wildman–Crippen MR) is 101 cm³/mol. The van der Waals surface area contributed by atoms with E-state index in [9.17, 15) is 9.18 Å². The first kappa shape index (κ1) is 18.5. The molecule has 0 bridgehead atoms. The molecule has 2 heterocycles. The van der Waals surface area contributed by atoms with E-state index in [2.05, 4.69) is 25.6 Å². The van der Waals surface area contributed by atoms with Crippen molar-refractivity contribution in [3.05, 3.63) is 65.3 Å². The quantitative estimate of drug-likeness (QED) is 0.653. The lowest BCUT2D eigenvalue weighted by Gasteiger charge is -2.11. The van der Waals surface area contributed by atoms with E-state index in [1.807, 2.05) is 31.4 Å². The number of hydrogen-bond acceptors (Lipinski definition) is 5. The van der Waals surface area contributed by atoms with Crippen LogP contribution in [0.3, 0.4) is 0 Å². The minimum atomic E-state index is -0.435. The third-order valence-electron chi connectivity index (χ3n) is 4.13. The fourth-order valence-electron chi connectivity index (χ4n) is 2.59. The molecule has 1 amide bonds. The van der Waals surface area contributed by atoms with Crippen LogP contribution in [-0.2, 0) is 0 Å². The van der Waals surface area contributed by atoms with Crippen molar-refractivity contribution in [2.24, 2.45) is 0 Å². The summed E-state index contributed by atoms with van der Waals surface area (Å²) in [7, 11) is 0. The molecule has 0 aliphatic carbocycles. The van der Waals surface area contributed by atoms with Crippen LogP contribution >= 0.6 is 0 Å². The maximum absolute atomic E-state index is 13.2. The number of nitrogens with zero attached hydrogens (tertiary/aromatic N) is 4. The maximum atomic E-state index is 13.2. The highest BCUT2D eigenvalue weighted by Crippen LogP contribution is 2.15. The molecular weight excluding hydrogens is 347 g/mol. The smallest absolute Gasteiger partial charge is 0.251 e. The van der Waals surface area contributed by atoms with Gasteiger partial charge in [-0.25, -0.2) is 19.3 Å². The van der Waals surface area contributed by atoms with Gasteiger partial charge in [-0.05, 0) is 39.0 Å². The molecule has 0 unspecified atom stereocenters. The second-order valence-corrected chi connectivity index (χ2v) is 6.14. The second-order valence-electron chi connectivity index (χ2n) is 6.14. The van der Waals surface area contributed by atoms with Crippen LogP contribution in [0.25, 0.3) is 5.82 Å². The number of aromatic nitrogens is 4. The second kappa shape index (κ2) is 7.94. The SMILES string of the molecule is Cc1nc(NCCNC(=O)c2cccc(F)c2)cc(-n2cnc(C)c2C)n1. The molecule has 0 spiro atoms. The van der Waals surface area contributed by atoms with Crippen molar-refractivity contribution in [2.75, 3.05) is 18.4 Å². The topological polar surface area (TPSA) is 84.7 Å². The standard InChI is InChI=1S/C19H21FN6O/c1-12-13(2)26(11-23-12)18-10-17(24-14(3)25-18)21-7-8-22-19(27)15-5-4-6-16(20)9-15/h4-6,9-11H,7-8H2,1-3H3,(H,22,27)(H,21,24,25). The summed E-state index contributed by atoms with van der Waals surface area (Å²) in [5.41, 5.74) is 2.25. The third-order valence-corrected chi connectivity index (χ3v) is 4.13. The average molecular weight is 368 g/mol. The van der Waals surface area contributed by atoms with Crippen LogP contribution in [0.2, 0.25) is 0 Å². The summed E-state index contributed by atoms with van der Waals surface area (Å²) in [6.07, 6.45) is 1.73. The zero-order valence-corrected chi connectivity index (χ0v) is 15.5. The van der Waals surface area contributed by atoms with Crippen LogP contribution in [0.5, 0.6) is 0 Å². The van der Waals surface area contributed by atoms with Gasteiger partial charge in [0.1, 0.15) is 29.6 Å². The number of anilines is 1. The van der Waals surface area contributed by atoms with Crippen molar-refractivity contribution in [1.29, 1.82) is 0 Å². The van der Waals surface area contributed by atoms with E-state index in [1.54, 1.807) is 12.4 Å². The molecule has 140 valence electrons. The number of carbonyl (C=O) groups is 1. The molecule has 0 fully saturated rings. The molecule has 0 atom stereocenters. The zero-order chi connectivity index (χ0) is 19.4. The van der Waals surface area contributed by atoms with Crippen LogP contribution in [0.1, 0.15) is 27.6 Å². The Morgan fingerprint density at radius 2 is 1.96 bits per heavy atom. The maximum Gasteiger partial charge on any atom is 0.251 e. The molecule has 0 radical (unpaired) electrons. The van der Waals surface area contributed by atoms with E-state index in [0.717, 1.165) is 17.2 Å². The summed E-state index contributed by atoms with van der Waals surface area (Å²) in [6.45, 7) is 6.59. The van der Waals surface area contributed by atoms with Crippen molar-refractivity contribution in [3.63, 3.8) is 0 Å². The van der Waals surface area contributed by atoms with E-state index >= 15 is 0 Å². The molecule has 0 aliphatic rings. The Morgan fingerprint density at radius 3 is 2.67 bits per heavy atom. The Hall–Kier alpha value is -3.29. The monoisotopic (exact) mass is 368 g/mol. The van der Waals surface area contributed by atoms with Crippen LogP contribution in [-0.4, -0.2) is 38.5 Å². The van der Waals surface area contributed by atoms with Gasteiger partial charge in [-0.2, -0.15) is 0 Å². The van der Waals surface area contributed by atoms with Gasteiger partial charge in [-0.1, -0.05) is 6.07 Å². The first-order valence-electron chi connectivity index (χ1n) is 8.58. The van der Waals surface area contributed by atoms with E-state index in [-0.39, 0.29) is 5.91 Å². The molecule has 0 aliphatic heterocycles. The van der Waals surface area contributed by atoms with Gasteiger partial charge in [-0.3, -0.25) is 9.36 Å². The highest BCUT2D eigenvalue weighted by Gasteiger charge is 2.09. The Labute approximate surface area is 156 Å². The van der Waals surface area contributed by atoms with Crippen LogP contribution in [0.4, 0.5) is 10.2 Å². The van der Waals surface area contributed by atoms with Gasteiger partial charge in [0.2, 0.25) is 0 Å². The third kappa shape index (κ3) is 4.46. The summed E-state index contributed by atoms with van der Waals surface area (Å²) >= 11 is 0. The molecule has 27 heavy (non-hydrogen) atoms. The number of halogens is 1. The number of carbonyl (C=O) groups excluding carboxylic acids is 1. The fourth-order valence-corrected chi connectivity index (χ4v) is 2.59. The molecule has 0 saturated heterocycles. The van der Waals surface area contributed by atoms with E-state index in [4.69, 9.17) is 0 Å². The summed E-state index contributed by atoms with van der Waals surface area (Å²) in [5, 5.41) is 5.91. The van der Waals surface area contributed by atoms with Gasteiger partial charge >= 0.3 is 0 Å². The Morgan fingerprint density at radius 1 is 1.15 bits per heavy atom. The van der Waals surface area contributed by atoms with Crippen molar-refractivity contribution in [2.45, 2.75) is 20.8 Å². The van der Waals surface area contributed by atoms with Crippen LogP contribution in [0, 0.1) is 26.6 Å². The summed E-state index contributed by atoms with van der Waals surface area (Å²) < 4.78 is 15.1.